The fourth-order valence-electron chi connectivity index (χ4n) is 3.76. The van der Waals surface area contributed by atoms with Crippen LogP contribution in [0, 0.1) is 3.57 Å². The van der Waals surface area contributed by atoms with E-state index in [0.717, 1.165) is 28.0 Å². The van der Waals surface area contributed by atoms with Gasteiger partial charge in [-0.15, -0.1) is 0 Å². The van der Waals surface area contributed by atoms with Crippen LogP contribution in [0.3, 0.4) is 0 Å². The van der Waals surface area contributed by atoms with Gasteiger partial charge >= 0.3 is 0 Å². The highest BCUT2D eigenvalue weighted by Gasteiger charge is 2.25. The van der Waals surface area contributed by atoms with E-state index in [0.29, 0.717) is 34.8 Å². The van der Waals surface area contributed by atoms with Gasteiger partial charge in [0.2, 0.25) is 5.76 Å². The molecule has 0 aliphatic rings. The highest BCUT2D eigenvalue weighted by atomic mass is 127. The van der Waals surface area contributed by atoms with Crippen LogP contribution >= 0.6 is 22.6 Å². The Balaban J connectivity index is 1.75. The van der Waals surface area contributed by atoms with E-state index in [1.807, 2.05) is 79.7 Å². The van der Waals surface area contributed by atoms with E-state index in [1.165, 1.54) is 0 Å². The van der Waals surface area contributed by atoms with Crippen molar-refractivity contribution in [3.05, 3.63) is 98.8 Å². The summed E-state index contributed by atoms with van der Waals surface area (Å²) in [7, 11) is 0. The van der Waals surface area contributed by atoms with Crippen LogP contribution in [0.2, 0.25) is 0 Å². The van der Waals surface area contributed by atoms with E-state index in [9.17, 15) is 4.79 Å². The van der Waals surface area contributed by atoms with E-state index in [-0.39, 0.29) is 17.6 Å². The van der Waals surface area contributed by atoms with Crippen molar-refractivity contribution in [1.29, 1.82) is 0 Å². The number of hydrogen-bond acceptors (Lipinski definition) is 5. The zero-order valence-electron chi connectivity index (χ0n) is 20.6. The van der Waals surface area contributed by atoms with Gasteiger partial charge < -0.3 is 19.3 Å². The van der Waals surface area contributed by atoms with Crippen LogP contribution < -0.4 is 14.8 Å². The number of rotatable bonds is 10. The maximum atomic E-state index is 12.5. The molecule has 0 saturated carbocycles. The van der Waals surface area contributed by atoms with Crippen LogP contribution in [0.5, 0.6) is 11.5 Å². The topological polar surface area (TPSA) is 73.6 Å². The summed E-state index contributed by atoms with van der Waals surface area (Å²) >= 11 is 2.11. The maximum Gasteiger partial charge on any atom is 0.291 e. The van der Waals surface area contributed by atoms with Crippen LogP contribution in [-0.4, -0.2) is 17.6 Å². The molecule has 0 atom stereocenters. The summed E-state index contributed by atoms with van der Waals surface area (Å²) in [6.45, 7) is 7.42. The summed E-state index contributed by atoms with van der Waals surface area (Å²) in [5.41, 5.74) is 4.47. The van der Waals surface area contributed by atoms with Gasteiger partial charge in [0.15, 0.2) is 0 Å². The van der Waals surface area contributed by atoms with E-state index in [1.54, 1.807) is 0 Å². The molecule has 0 unspecified atom stereocenters. The molecule has 4 rings (SSSR count). The Bertz CT molecular complexity index is 1300. The molecule has 7 heteroatoms. The first kappa shape index (κ1) is 25.8. The number of halogens is 1. The van der Waals surface area contributed by atoms with Crippen LogP contribution in [0.15, 0.2) is 77.3 Å². The molecule has 1 heterocycles. The number of amides is 1. The van der Waals surface area contributed by atoms with Crippen molar-refractivity contribution in [2.24, 2.45) is 0 Å². The van der Waals surface area contributed by atoms with Gasteiger partial charge in [0.05, 0.1) is 3.57 Å². The number of benzene rings is 3. The first-order valence-corrected chi connectivity index (χ1v) is 13.0. The summed E-state index contributed by atoms with van der Waals surface area (Å²) < 4.78 is 18.7. The van der Waals surface area contributed by atoms with Gasteiger partial charge in [-0.25, -0.2) is 0 Å². The van der Waals surface area contributed by atoms with Crippen LogP contribution in [0.1, 0.15) is 53.9 Å². The Kier molecular flexibility index (Phi) is 8.64. The van der Waals surface area contributed by atoms with Crippen molar-refractivity contribution < 1.29 is 18.8 Å². The number of carbonyl (C=O) groups excluding carboxylic acids is 1. The summed E-state index contributed by atoms with van der Waals surface area (Å²) in [5.74, 6) is 1.45. The molecule has 6 nitrogen and oxygen atoms in total. The molecule has 0 saturated heterocycles. The van der Waals surface area contributed by atoms with Gasteiger partial charge in [-0.2, -0.15) is 0 Å². The Labute approximate surface area is 225 Å². The van der Waals surface area contributed by atoms with Crippen molar-refractivity contribution in [1.82, 2.24) is 10.5 Å². The lowest BCUT2D eigenvalue weighted by atomic mass is 9.97. The average molecular weight is 596 g/mol. The van der Waals surface area contributed by atoms with Crippen molar-refractivity contribution in [3.8, 4) is 22.8 Å². The molecular formula is C29H29IN2O4. The Hall–Kier alpha value is -3.33. The fraction of sp³-hybridized carbons (Fsp3) is 0.241. The van der Waals surface area contributed by atoms with Crippen molar-refractivity contribution in [3.63, 3.8) is 0 Å². The predicted octanol–water partition coefficient (Wildman–Crippen LogP) is 6.98. The van der Waals surface area contributed by atoms with Crippen LogP contribution in [0.4, 0.5) is 0 Å². The van der Waals surface area contributed by atoms with Crippen LogP contribution in [0.25, 0.3) is 11.3 Å². The van der Waals surface area contributed by atoms with E-state index >= 15 is 0 Å². The molecule has 0 radical (unpaired) electrons. The smallest absolute Gasteiger partial charge is 0.291 e. The minimum atomic E-state index is -0.292. The molecule has 0 aliphatic carbocycles. The fourth-order valence-corrected chi connectivity index (χ4v) is 4.49. The van der Waals surface area contributed by atoms with E-state index in [4.69, 9.17) is 14.0 Å². The zero-order valence-corrected chi connectivity index (χ0v) is 22.7. The van der Waals surface area contributed by atoms with Crippen molar-refractivity contribution in [2.75, 3.05) is 6.54 Å². The molecule has 1 N–H and O–H groups in total. The minimum absolute atomic E-state index is 0.185. The number of carbonyl (C=O) groups is 1. The third-order valence-corrected chi connectivity index (χ3v) is 6.64. The van der Waals surface area contributed by atoms with Gasteiger partial charge in [0, 0.05) is 18.2 Å². The SMILES string of the molecule is CCNC(=O)c1onc(-c2cc(C(C)C)c(OCc3ccccc3)cc2OCc2ccccc2)c1I. The lowest BCUT2D eigenvalue weighted by Gasteiger charge is -2.19. The molecule has 0 bridgehead atoms. The first-order valence-electron chi connectivity index (χ1n) is 11.9. The Morgan fingerprint density at radius 2 is 1.53 bits per heavy atom. The van der Waals surface area contributed by atoms with Gasteiger partial charge in [-0.1, -0.05) is 79.7 Å². The molecule has 3 aromatic carbocycles. The second-order valence-corrected chi connectivity index (χ2v) is 9.70. The largest absolute Gasteiger partial charge is 0.488 e. The molecule has 1 aromatic heterocycles. The summed E-state index contributed by atoms with van der Waals surface area (Å²) in [5, 5.41) is 7.04. The maximum absolute atomic E-state index is 12.5. The van der Waals surface area contributed by atoms with Crippen LogP contribution in [-0.2, 0) is 13.2 Å². The zero-order chi connectivity index (χ0) is 25.5. The molecule has 4 aromatic rings. The van der Waals surface area contributed by atoms with Gasteiger partial charge in [-0.05, 0) is 58.2 Å². The highest BCUT2D eigenvalue weighted by molar-refractivity contribution is 14.1. The summed E-state index contributed by atoms with van der Waals surface area (Å²) in [6, 6.07) is 24.0. The average Bonchev–Trinajstić information content (AvgIpc) is 3.28. The third kappa shape index (κ3) is 6.07. The summed E-state index contributed by atoms with van der Waals surface area (Å²) in [6.07, 6.45) is 0. The first-order chi connectivity index (χ1) is 17.5. The second kappa shape index (κ2) is 12.1. The second-order valence-electron chi connectivity index (χ2n) is 8.62. The van der Waals surface area contributed by atoms with E-state index in [2.05, 4.69) is 46.9 Å². The number of nitrogens with one attached hydrogen (secondary N) is 1. The molecule has 0 aliphatic heterocycles. The van der Waals surface area contributed by atoms with Gasteiger partial charge in [0.25, 0.3) is 5.91 Å². The number of hydrogen-bond donors (Lipinski definition) is 1. The molecule has 36 heavy (non-hydrogen) atoms. The number of aromatic nitrogens is 1. The van der Waals surface area contributed by atoms with Crippen molar-refractivity contribution in [2.45, 2.75) is 39.9 Å². The molecule has 0 fully saturated rings. The highest BCUT2D eigenvalue weighted by Crippen LogP contribution is 2.41. The standard InChI is InChI=1S/C29H29IN2O4/c1-4-31-29(33)28-26(30)27(32-36-28)23-15-22(19(2)3)24(34-17-20-11-7-5-8-12-20)16-25(23)35-18-21-13-9-6-10-14-21/h5-16,19H,4,17-18H2,1-3H3,(H,31,33). The molecule has 186 valence electrons. The third-order valence-electron chi connectivity index (χ3n) is 5.64. The normalized spacial score (nSPS) is 10.9. The lowest BCUT2D eigenvalue weighted by Crippen LogP contribution is -2.22. The molecular weight excluding hydrogens is 567 g/mol. The number of nitrogens with zero attached hydrogens (tertiary/aromatic N) is 1. The molecule has 0 spiro atoms. The Morgan fingerprint density at radius 1 is 0.944 bits per heavy atom. The quantitative estimate of drug-likeness (QED) is 0.200. The predicted molar refractivity (Wildman–Crippen MR) is 148 cm³/mol. The van der Waals surface area contributed by atoms with Gasteiger partial charge in [-0.3, -0.25) is 4.79 Å². The van der Waals surface area contributed by atoms with E-state index < -0.39 is 0 Å². The number of ether oxygens (including phenoxy) is 2. The Morgan fingerprint density at radius 3 is 2.08 bits per heavy atom. The van der Waals surface area contributed by atoms with Gasteiger partial charge in [0.1, 0.15) is 30.4 Å². The minimum Gasteiger partial charge on any atom is -0.488 e. The molecule has 1 amide bonds. The lowest BCUT2D eigenvalue weighted by molar-refractivity contribution is 0.0918. The monoisotopic (exact) mass is 596 g/mol. The van der Waals surface area contributed by atoms with Crippen molar-refractivity contribution >= 4 is 28.5 Å². The summed E-state index contributed by atoms with van der Waals surface area (Å²) in [4.78, 5) is 12.5.